The van der Waals surface area contributed by atoms with E-state index in [0.29, 0.717) is 6.61 Å². The number of aryl methyl sites for hydroxylation is 1. The molecule has 1 heterocycles. The summed E-state index contributed by atoms with van der Waals surface area (Å²) in [6.07, 6.45) is 4.27. The van der Waals surface area contributed by atoms with Gasteiger partial charge in [0.15, 0.2) is 0 Å². The predicted octanol–water partition coefficient (Wildman–Crippen LogP) is 2.57. The lowest BCUT2D eigenvalue weighted by atomic mass is 10.1. The topological polar surface area (TPSA) is 21.7 Å². The maximum absolute atomic E-state index is 5.78. The van der Waals surface area contributed by atoms with Gasteiger partial charge in [0.25, 0.3) is 0 Å². The minimum atomic E-state index is 0.634. The number of ether oxygens (including phenoxy) is 2. The number of rotatable bonds is 5. The molecule has 19 heavy (non-hydrogen) atoms. The Morgan fingerprint density at radius 3 is 2.79 bits per heavy atom. The summed E-state index contributed by atoms with van der Waals surface area (Å²) in [7, 11) is 0. The normalized spacial score (nSPS) is 16.9. The quantitative estimate of drug-likeness (QED) is 0.760. The maximum Gasteiger partial charge on any atom is 0.122 e. The molecule has 0 saturated carbocycles. The molecule has 1 saturated heterocycles. The fraction of sp³-hybridized carbons (Fsp3) is 0.500. The van der Waals surface area contributed by atoms with Crippen LogP contribution in [-0.4, -0.2) is 44.4 Å². The lowest BCUT2D eigenvalue weighted by Gasteiger charge is -2.25. The van der Waals surface area contributed by atoms with Gasteiger partial charge in [-0.05, 0) is 31.0 Å². The summed E-state index contributed by atoms with van der Waals surface area (Å²) < 4.78 is 11.1. The zero-order valence-corrected chi connectivity index (χ0v) is 11.9. The fourth-order valence-corrected chi connectivity index (χ4v) is 2.09. The van der Waals surface area contributed by atoms with E-state index in [4.69, 9.17) is 9.47 Å². The van der Waals surface area contributed by atoms with Gasteiger partial charge in [0.1, 0.15) is 12.4 Å². The van der Waals surface area contributed by atoms with Crippen LogP contribution in [-0.2, 0) is 4.74 Å². The van der Waals surface area contributed by atoms with Crippen molar-refractivity contribution in [2.75, 3.05) is 39.5 Å². The van der Waals surface area contributed by atoms with Gasteiger partial charge in [-0.3, -0.25) is 4.90 Å². The van der Waals surface area contributed by atoms with Crippen molar-refractivity contribution in [3.8, 4) is 5.75 Å². The molecule has 2 rings (SSSR count). The van der Waals surface area contributed by atoms with Crippen LogP contribution in [0.4, 0.5) is 0 Å². The third-order valence-corrected chi connectivity index (χ3v) is 3.52. The Morgan fingerprint density at radius 1 is 1.21 bits per heavy atom. The summed E-state index contributed by atoms with van der Waals surface area (Å²) in [6, 6.07) is 6.17. The van der Waals surface area contributed by atoms with Crippen LogP contribution in [0.25, 0.3) is 0 Å². The lowest BCUT2D eigenvalue weighted by Crippen LogP contribution is -2.36. The Balaban J connectivity index is 1.72. The van der Waals surface area contributed by atoms with Gasteiger partial charge in [0.05, 0.1) is 13.2 Å². The van der Waals surface area contributed by atoms with E-state index in [0.717, 1.165) is 38.6 Å². The van der Waals surface area contributed by atoms with Crippen molar-refractivity contribution in [1.82, 2.24) is 4.90 Å². The van der Waals surface area contributed by atoms with Crippen molar-refractivity contribution in [1.29, 1.82) is 0 Å². The minimum absolute atomic E-state index is 0.634. The van der Waals surface area contributed by atoms with Crippen LogP contribution in [0.1, 0.15) is 11.1 Å². The predicted molar refractivity (Wildman–Crippen MR) is 77.8 cm³/mol. The van der Waals surface area contributed by atoms with Crippen molar-refractivity contribution in [3.63, 3.8) is 0 Å². The molecule has 1 aromatic carbocycles. The Labute approximate surface area is 115 Å². The minimum Gasteiger partial charge on any atom is -0.489 e. The molecule has 0 amide bonds. The van der Waals surface area contributed by atoms with Crippen LogP contribution in [0.15, 0.2) is 30.4 Å². The monoisotopic (exact) mass is 261 g/mol. The van der Waals surface area contributed by atoms with E-state index in [2.05, 4.69) is 37.0 Å². The van der Waals surface area contributed by atoms with Crippen LogP contribution >= 0.6 is 0 Å². The van der Waals surface area contributed by atoms with Gasteiger partial charge in [-0.15, -0.1) is 0 Å². The molecule has 0 N–H and O–H groups in total. The number of hydrogen-bond acceptors (Lipinski definition) is 3. The standard InChI is InChI=1S/C16H23NO2/c1-14-6-5-7-16(15(14)2)19-11-4-3-8-17-9-12-18-13-10-17/h3-7H,8-13H2,1-2H3. The molecule has 0 aromatic heterocycles. The zero-order valence-electron chi connectivity index (χ0n) is 11.9. The van der Waals surface area contributed by atoms with Crippen LogP contribution < -0.4 is 4.74 Å². The third kappa shape index (κ3) is 4.37. The van der Waals surface area contributed by atoms with Gasteiger partial charge < -0.3 is 9.47 Å². The molecule has 0 spiro atoms. The van der Waals surface area contributed by atoms with Crippen molar-refractivity contribution in [2.45, 2.75) is 13.8 Å². The van der Waals surface area contributed by atoms with Gasteiger partial charge in [-0.1, -0.05) is 24.3 Å². The second-order valence-corrected chi connectivity index (χ2v) is 4.89. The van der Waals surface area contributed by atoms with Crippen LogP contribution in [0.2, 0.25) is 0 Å². The Bertz CT molecular complexity index is 423. The van der Waals surface area contributed by atoms with E-state index in [1.807, 2.05) is 12.1 Å². The Morgan fingerprint density at radius 2 is 2.00 bits per heavy atom. The van der Waals surface area contributed by atoms with Crippen molar-refractivity contribution in [3.05, 3.63) is 41.5 Å². The van der Waals surface area contributed by atoms with Crippen LogP contribution in [0.5, 0.6) is 5.75 Å². The molecule has 1 aromatic rings. The highest BCUT2D eigenvalue weighted by atomic mass is 16.5. The number of nitrogens with zero attached hydrogens (tertiary/aromatic N) is 1. The fourth-order valence-electron chi connectivity index (χ4n) is 2.09. The van der Waals surface area contributed by atoms with Gasteiger partial charge in [-0.2, -0.15) is 0 Å². The Kier molecular flexibility index (Phi) is 5.43. The summed E-state index contributed by atoms with van der Waals surface area (Å²) in [4.78, 5) is 2.39. The third-order valence-electron chi connectivity index (χ3n) is 3.52. The first kappa shape index (κ1) is 14.1. The average molecular weight is 261 g/mol. The zero-order chi connectivity index (χ0) is 13.5. The second kappa shape index (κ2) is 7.31. The van der Waals surface area contributed by atoms with E-state index in [1.165, 1.54) is 11.1 Å². The SMILES string of the molecule is Cc1cccc(OCC=CCN2CCOCC2)c1C. The van der Waals surface area contributed by atoms with Gasteiger partial charge in [0, 0.05) is 19.6 Å². The molecule has 3 heteroatoms. The molecule has 0 radical (unpaired) electrons. The molecular weight excluding hydrogens is 238 g/mol. The molecule has 1 fully saturated rings. The maximum atomic E-state index is 5.78. The van der Waals surface area contributed by atoms with E-state index in [1.54, 1.807) is 0 Å². The number of benzene rings is 1. The van der Waals surface area contributed by atoms with E-state index in [-0.39, 0.29) is 0 Å². The largest absolute Gasteiger partial charge is 0.489 e. The average Bonchev–Trinajstić information content (AvgIpc) is 2.44. The van der Waals surface area contributed by atoms with E-state index >= 15 is 0 Å². The first-order valence-electron chi connectivity index (χ1n) is 6.91. The molecule has 1 aliphatic rings. The highest BCUT2D eigenvalue weighted by Gasteiger charge is 2.07. The van der Waals surface area contributed by atoms with Crippen molar-refractivity contribution < 1.29 is 9.47 Å². The van der Waals surface area contributed by atoms with Gasteiger partial charge in [-0.25, -0.2) is 0 Å². The Hall–Kier alpha value is -1.32. The summed E-state index contributed by atoms with van der Waals surface area (Å²) in [5.41, 5.74) is 2.50. The molecule has 0 aliphatic carbocycles. The van der Waals surface area contributed by atoms with Crippen molar-refractivity contribution in [2.24, 2.45) is 0 Å². The summed E-state index contributed by atoms with van der Waals surface area (Å²) in [6.45, 7) is 9.59. The molecular formula is C16H23NO2. The summed E-state index contributed by atoms with van der Waals surface area (Å²) in [5, 5.41) is 0. The number of morpholine rings is 1. The lowest BCUT2D eigenvalue weighted by molar-refractivity contribution is 0.0434. The molecule has 1 aliphatic heterocycles. The van der Waals surface area contributed by atoms with Gasteiger partial charge >= 0.3 is 0 Å². The molecule has 0 unspecified atom stereocenters. The number of hydrogen-bond donors (Lipinski definition) is 0. The van der Waals surface area contributed by atoms with Crippen LogP contribution in [0.3, 0.4) is 0 Å². The first-order chi connectivity index (χ1) is 9.27. The van der Waals surface area contributed by atoms with E-state index < -0.39 is 0 Å². The molecule has 3 nitrogen and oxygen atoms in total. The molecule has 0 atom stereocenters. The molecule has 0 bridgehead atoms. The first-order valence-corrected chi connectivity index (χ1v) is 6.91. The highest BCUT2D eigenvalue weighted by molar-refractivity contribution is 5.38. The van der Waals surface area contributed by atoms with E-state index in [9.17, 15) is 0 Å². The second-order valence-electron chi connectivity index (χ2n) is 4.89. The summed E-state index contributed by atoms with van der Waals surface area (Å²) >= 11 is 0. The summed E-state index contributed by atoms with van der Waals surface area (Å²) in [5.74, 6) is 0.982. The smallest absolute Gasteiger partial charge is 0.122 e. The van der Waals surface area contributed by atoms with Crippen LogP contribution in [0, 0.1) is 13.8 Å². The molecule has 104 valence electrons. The van der Waals surface area contributed by atoms with Crippen molar-refractivity contribution >= 4 is 0 Å². The van der Waals surface area contributed by atoms with Gasteiger partial charge in [0.2, 0.25) is 0 Å². The highest BCUT2D eigenvalue weighted by Crippen LogP contribution is 2.20.